The molecule has 0 spiro atoms. The van der Waals surface area contributed by atoms with Gasteiger partial charge in [-0.05, 0) is 18.2 Å². The standard InChI is InChI=1S/C9H13NO2/c1-11-8-4-3-7(6-10)5-9(8)12-2/h3-5H,6,10H2,1-2H3/p+1. The second kappa shape index (κ2) is 3.97. The molecule has 66 valence electrons. The third-order valence-corrected chi connectivity index (χ3v) is 1.74. The Morgan fingerprint density at radius 2 is 1.83 bits per heavy atom. The molecule has 0 aliphatic heterocycles. The van der Waals surface area contributed by atoms with Crippen LogP contribution in [0.2, 0.25) is 0 Å². The minimum atomic E-state index is 0.759. The predicted molar refractivity (Wildman–Crippen MR) is 46.1 cm³/mol. The summed E-state index contributed by atoms with van der Waals surface area (Å²) in [4.78, 5) is 0. The second-order valence-electron chi connectivity index (χ2n) is 2.44. The molecular formula is C9H14NO2+. The quantitative estimate of drug-likeness (QED) is 0.712. The number of ether oxygens (including phenoxy) is 2. The van der Waals surface area contributed by atoms with Crippen molar-refractivity contribution in [2.45, 2.75) is 6.54 Å². The van der Waals surface area contributed by atoms with Crippen LogP contribution in [-0.2, 0) is 6.54 Å². The van der Waals surface area contributed by atoms with Gasteiger partial charge in [0, 0.05) is 5.56 Å². The van der Waals surface area contributed by atoms with Crippen LogP contribution >= 0.6 is 0 Å². The van der Waals surface area contributed by atoms with Crippen molar-refractivity contribution < 1.29 is 15.2 Å². The van der Waals surface area contributed by atoms with E-state index in [-0.39, 0.29) is 0 Å². The molecule has 3 N–H and O–H groups in total. The van der Waals surface area contributed by atoms with Crippen LogP contribution in [0.4, 0.5) is 0 Å². The molecule has 0 aromatic heterocycles. The van der Waals surface area contributed by atoms with Gasteiger partial charge in [0.2, 0.25) is 0 Å². The van der Waals surface area contributed by atoms with Crippen LogP contribution in [0.1, 0.15) is 5.56 Å². The molecule has 0 radical (unpaired) electrons. The fourth-order valence-corrected chi connectivity index (χ4v) is 1.04. The van der Waals surface area contributed by atoms with Crippen molar-refractivity contribution in [3.63, 3.8) is 0 Å². The number of benzene rings is 1. The van der Waals surface area contributed by atoms with Gasteiger partial charge in [0.15, 0.2) is 11.5 Å². The third-order valence-electron chi connectivity index (χ3n) is 1.74. The van der Waals surface area contributed by atoms with Gasteiger partial charge in [-0.15, -0.1) is 0 Å². The highest BCUT2D eigenvalue weighted by atomic mass is 16.5. The van der Waals surface area contributed by atoms with Crippen LogP contribution < -0.4 is 15.2 Å². The first kappa shape index (κ1) is 8.87. The van der Waals surface area contributed by atoms with E-state index in [1.165, 1.54) is 0 Å². The second-order valence-corrected chi connectivity index (χ2v) is 2.44. The molecule has 0 amide bonds. The summed E-state index contributed by atoms with van der Waals surface area (Å²) < 4.78 is 10.2. The van der Waals surface area contributed by atoms with E-state index in [0.717, 1.165) is 23.6 Å². The molecule has 0 atom stereocenters. The lowest BCUT2D eigenvalue weighted by Gasteiger charge is -2.07. The Morgan fingerprint density at radius 1 is 1.17 bits per heavy atom. The summed E-state index contributed by atoms with van der Waals surface area (Å²) in [6, 6.07) is 5.81. The average Bonchev–Trinajstić information content (AvgIpc) is 2.16. The first-order valence-electron chi connectivity index (χ1n) is 3.82. The topological polar surface area (TPSA) is 46.1 Å². The Kier molecular flexibility index (Phi) is 2.94. The van der Waals surface area contributed by atoms with Crippen molar-refractivity contribution in [3.05, 3.63) is 23.8 Å². The van der Waals surface area contributed by atoms with Gasteiger partial charge in [0.05, 0.1) is 20.8 Å². The van der Waals surface area contributed by atoms with Gasteiger partial charge >= 0.3 is 0 Å². The fraction of sp³-hybridized carbons (Fsp3) is 0.333. The molecule has 0 unspecified atom stereocenters. The molecule has 1 rings (SSSR count). The molecular weight excluding hydrogens is 154 g/mol. The lowest BCUT2D eigenvalue weighted by atomic mass is 10.2. The van der Waals surface area contributed by atoms with Crippen molar-refractivity contribution >= 4 is 0 Å². The van der Waals surface area contributed by atoms with E-state index in [1.54, 1.807) is 14.2 Å². The normalized spacial score (nSPS) is 9.58. The van der Waals surface area contributed by atoms with E-state index in [2.05, 4.69) is 5.73 Å². The van der Waals surface area contributed by atoms with Crippen molar-refractivity contribution in [3.8, 4) is 11.5 Å². The van der Waals surface area contributed by atoms with Gasteiger partial charge in [0.25, 0.3) is 0 Å². The zero-order valence-electron chi connectivity index (χ0n) is 7.46. The minimum absolute atomic E-state index is 0.759. The molecule has 0 aliphatic rings. The summed E-state index contributed by atoms with van der Waals surface area (Å²) in [7, 11) is 3.26. The maximum Gasteiger partial charge on any atom is 0.161 e. The van der Waals surface area contributed by atoms with Crippen molar-refractivity contribution in [2.24, 2.45) is 0 Å². The van der Waals surface area contributed by atoms with E-state index >= 15 is 0 Å². The zero-order chi connectivity index (χ0) is 8.97. The van der Waals surface area contributed by atoms with Gasteiger partial charge < -0.3 is 15.2 Å². The highest BCUT2D eigenvalue weighted by Gasteiger charge is 2.03. The van der Waals surface area contributed by atoms with Gasteiger partial charge in [0.1, 0.15) is 0 Å². The number of rotatable bonds is 3. The molecule has 0 aliphatic carbocycles. The molecule has 1 aromatic rings. The Bertz CT molecular complexity index is 261. The van der Waals surface area contributed by atoms with Crippen LogP contribution in [0.15, 0.2) is 18.2 Å². The molecule has 0 bridgehead atoms. The maximum absolute atomic E-state index is 5.13. The zero-order valence-corrected chi connectivity index (χ0v) is 7.46. The van der Waals surface area contributed by atoms with E-state index < -0.39 is 0 Å². The summed E-state index contributed by atoms with van der Waals surface area (Å²) in [5.74, 6) is 1.52. The lowest BCUT2D eigenvalue weighted by Crippen LogP contribution is -2.47. The van der Waals surface area contributed by atoms with Gasteiger partial charge in [-0.1, -0.05) is 0 Å². The Labute approximate surface area is 72.1 Å². The third kappa shape index (κ3) is 1.68. The first-order valence-corrected chi connectivity index (χ1v) is 3.82. The van der Waals surface area contributed by atoms with E-state index in [4.69, 9.17) is 9.47 Å². The summed E-state index contributed by atoms with van der Waals surface area (Å²) >= 11 is 0. The van der Waals surface area contributed by atoms with Crippen molar-refractivity contribution in [1.82, 2.24) is 0 Å². The van der Waals surface area contributed by atoms with E-state index in [9.17, 15) is 0 Å². The first-order chi connectivity index (χ1) is 5.81. The fourth-order valence-electron chi connectivity index (χ4n) is 1.04. The van der Waals surface area contributed by atoms with Crippen LogP contribution in [0.3, 0.4) is 0 Å². The Hall–Kier alpha value is -1.22. The number of hydrogen-bond acceptors (Lipinski definition) is 2. The average molecular weight is 168 g/mol. The monoisotopic (exact) mass is 168 g/mol. The molecule has 3 heteroatoms. The van der Waals surface area contributed by atoms with Crippen LogP contribution in [0.25, 0.3) is 0 Å². The lowest BCUT2D eigenvalue weighted by molar-refractivity contribution is -0.386. The van der Waals surface area contributed by atoms with Crippen molar-refractivity contribution in [2.75, 3.05) is 14.2 Å². The minimum Gasteiger partial charge on any atom is -0.493 e. The predicted octanol–water partition coefficient (Wildman–Crippen LogP) is 0.446. The van der Waals surface area contributed by atoms with Gasteiger partial charge in [-0.3, -0.25) is 0 Å². The molecule has 3 nitrogen and oxygen atoms in total. The number of quaternary nitrogens is 1. The number of hydrogen-bond donors (Lipinski definition) is 1. The molecule has 0 fully saturated rings. The summed E-state index contributed by atoms with van der Waals surface area (Å²) in [5.41, 5.74) is 4.94. The largest absolute Gasteiger partial charge is 0.493 e. The van der Waals surface area contributed by atoms with E-state index in [1.807, 2.05) is 18.2 Å². The summed E-state index contributed by atoms with van der Waals surface area (Å²) in [6.07, 6.45) is 0. The van der Waals surface area contributed by atoms with Crippen LogP contribution in [0, 0.1) is 0 Å². The smallest absolute Gasteiger partial charge is 0.161 e. The van der Waals surface area contributed by atoms with Crippen LogP contribution in [-0.4, -0.2) is 14.2 Å². The van der Waals surface area contributed by atoms with Gasteiger partial charge in [-0.2, -0.15) is 0 Å². The highest BCUT2D eigenvalue weighted by molar-refractivity contribution is 5.42. The number of methoxy groups -OCH3 is 2. The van der Waals surface area contributed by atoms with Crippen LogP contribution in [0.5, 0.6) is 11.5 Å². The summed E-state index contributed by atoms with van der Waals surface area (Å²) in [5, 5.41) is 0. The molecule has 0 saturated heterocycles. The molecule has 1 aromatic carbocycles. The molecule has 0 heterocycles. The van der Waals surface area contributed by atoms with E-state index in [0.29, 0.717) is 0 Å². The molecule has 0 saturated carbocycles. The molecule has 12 heavy (non-hydrogen) atoms. The Morgan fingerprint density at radius 3 is 2.33 bits per heavy atom. The highest BCUT2D eigenvalue weighted by Crippen LogP contribution is 2.26. The maximum atomic E-state index is 5.13. The summed E-state index contributed by atoms with van der Waals surface area (Å²) in [6.45, 7) is 0.764. The van der Waals surface area contributed by atoms with Crippen molar-refractivity contribution in [1.29, 1.82) is 0 Å². The SMILES string of the molecule is COc1ccc(C[NH3+])cc1OC. The van der Waals surface area contributed by atoms with Gasteiger partial charge in [-0.25, -0.2) is 0 Å². The Balaban J connectivity index is 3.02.